The molecule has 0 aromatic carbocycles. The van der Waals surface area contributed by atoms with Gasteiger partial charge in [-0.05, 0) is 51.4 Å². The fraction of sp³-hybridized carbons (Fsp3) is 0.933. The van der Waals surface area contributed by atoms with Gasteiger partial charge in [0.15, 0.2) is 0 Å². The average Bonchev–Trinajstić information content (AvgIpc) is 3.31. The molecule has 6 nitrogen and oxygen atoms in total. The largest absolute Gasteiger partial charge is 0.462 e. The highest BCUT2D eigenvalue weighted by atomic mass is 16.5. The quantitative estimate of drug-likeness (QED) is 0.0321. The first-order valence-corrected chi connectivity index (χ1v) is 29.9. The molecule has 0 saturated heterocycles. The van der Waals surface area contributed by atoms with Crippen molar-refractivity contribution < 1.29 is 24.5 Å². The number of nitrogens with one attached hydrogen (secondary N) is 1. The van der Waals surface area contributed by atoms with Gasteiger partial charge in [-0.3, -0.25) is 9.59 Å². The molecule has 0 saturated carbocycles. The van der Waals surface area contributed by atoms with Gasteiger partial charge in [0.05, 0.1) is 25.2 Å². The lowest BCUT2D eigenvalue weighted by molar-refractivity contribution is -0.151. The summed E-state index contributed by atoms with van der Waals surface area (Å²) in [4.78, 5) is 26.3. The van der Waals surface area contributed by atoms with Crippen LogP contribution in [0.3, 0.4) is 0 Å². The molecule has 0 aromatic heterocycles. The normalized spacial score (nSPS) is 13.1. The lowest BCUT2D eigenvalue weighted by atomic mass is 10.0. The highest BCUT2D eigenvalue weighted by Crippen LogP contribution is 2.19. The van der Waals surface area contributed by atoms with Gasteiger partial charge in [0.25, 0.3) is 0 Å². The summed E-state index contributed by atoms with van der Waals surface area (Å²) in [7, 11) is 0. The molecule has 66 heavy (non-hydrogen) atoms. The van der Waals surface area contributed by atoms with E-state index in [0.29, 0.717) is 19.3 Å². The molecule has 0 heterocycles. The van der Waals surface area contributed by atoms with Crippen molar-refractivity contribution in [3.05, 3.63) is 12.2 Å². The molecular weight excluding hydrogens is 815 g/mol. The lowest BCUT2D eigenvalue weighted by Crippen LogP contribution is -2.46. The van der Waals surface area contributed by atoms with Crippen molar-refractivity contribution in [2.24, 2.45) is 0 Å². The number of aliphatic hydroxyl groups excluding tert-OH is 2. The maximum Gasteiger partial charge on any atom is 0.306 e. The van der Waals surface area contributed by atoms with Crippen LogP contribution in [-0.2, 0) is 14.3 Å². The Kier molecular flexibility index (Phi) is 53.4. The minimum atomic E-state index is -0.784. The van der Waals surface area contributed by atoms with Crippen LogP contribution in [0.2, 0.25) is 0 Å². The molecule has 3 unspecified atom stereocenters. The van der Waals surface area contributed by atoms with E-state index >= 15 is 0 Å². The Bertz CT molecular complexity index is 1000. The molecule has 0 aromatic rings. The summed E-state index contributed by atoms with van der Waals surface area (Å²) in [6.07, 6.45) is 62.8. The Labute approximate surface area is 412 Å². The Morgan fingerprint density at radius 3 is 1.08 bits per heavy atom. The fourth-order valence-electron chi connectivity index (χ4n) is 9.55. The van der Waals surface area contributed by atoms with Crippen molar-refractivity contribution in [1.29, 1.82) is 0 Å². The summed E-state index contributed by atoms with van der Waals surface area (Å²) in [6.45, 7) is 6.53. The smallest absolute Gasteiger partial charge is 0.306 e. The van der Waals surface area contributed by atoms with Crippen LogP contribution >= 0.6 is 0 Å². The molecule has 0 aliphatic heterocycles. The van der Waals surface area contributed by atoms with Gasteiger partial charge >= 0.3 is 5.97 Å². The van der Waals surface area contributed by atoms with Crippen molar-refractivity contribution in [3.63, 3.8) is 0 Å². The number of amides is 1. The summed E-state index contributed by atoms with van der Waals surface area (Å²) in [5, 5.41) is 23.9. The maximum absolute atomic E-state index is 13.3. The third-order valence-corrected chi connectivity index (χ3v) is 14.1. The van der Waals surface area contributed by atoms with E-state index < -0.39 is 18.2 Å². The van der Waals surface area contributed by atoms with Gasteiger partial charge in [-0.2, -0.15) is 0 Å². The highest BCUT2D eigenvalue weighted by Gasteiger charge is 2.24. The molecule has 0 rings (SSSR count). The minimum Gasteiger partial charge on any atom is -0.462 e. The van der Waals surface area contributed by atoms with E-state index in [1.54, 1.807) is 0 Å². The van der Waals surface area contributed by atoms with E-state index in [-0.39, 0.29) is 24.9 Å². The first kappa shape index (κ1) is 64.6. The first-order valence-electron chi connectivity index (χ1n) is 29.9. The molecule has 392 valence electrons. The number of carbonyl (C=O) groups is 2. The molecule has 1 amide bonds. The number of aliphatic hydroxyl groups is 2. The topological polar surface area (TPSA) is 95.9 Å². The molecule has 0 spiro atoms. The van der Waals surface area contributed by atoms with Gasteiger partial charge in [0.2, 0.25) is 5.91 Å². The van der Waals surface area contributed by atoms with Crippen molar-refractivity contribution in [2.45, 2.75) is 354 Å². The highest BCUT2D eigenvalue weighted by molar-refractivity contribution is 5.77. The number of allylic oxidation sites excluding steroid dienone is 2. The van der Waals surface area contributed by atoms with Gasteiger partial charge < -0.3 is 20.3 Å². The van der Waals surface area contributed by atoms with E-state index in [1.807, 2.05) is 0 Å². The van der Waals surface area contributed by atoms with Gasteiger partial charge in [0.1, 0.15) is 6.10 Å². The van der Waals surface area contributed by atoms with Gasteiger partial charge in [-0.25, -0.2) is 0 Å². The number of hydrogen-bond acceptors (Lipinski definition) is 5. The summed E-state index contributed by atoms with van der Waals surface area (Å²) in [5.41, 5.74) is 0. The molecule has 6 heteroatoms. The van der Waals surface area contributed by atoms with Crippen LogP contribution in [0.1, 0.15) is 335 Å². The average molecular weight is 933 g/mol. The second-order valence-corrected chi connectivity index (χ2v) is 20.8. The van der Waals surface area contributed by atoms with Crippen LogP contribution in [-0.4, -0.2) is 46.9 Å². The number of hydrogen-bond donors (Lipinski definition) is 3. The molecular formula is C60H117NO5. The molecule has 0 aliphatic rings. The Morgan fingerprint density at radius 1 is 0.424 bits per heavy atom. The molecule has 0 bridgehead atoms. The van der Waals surface area contributed by atoms with Crippen LogP contribution in [0, 0.1) is 0 Å². The van der Waals surface area contributed by atoms with Crippen molar-refractivity contribution >= 4 is 11.9 Å². The third-order valence-electron chi connectivity index (χ3n) is 14.1. The summed E-state index contributed by atoms with van der Waals surface area (Å²) >= 11 is 0. The fourth-order valence-corrected chi connectivity index (χ4v) is 9.55. The van der Waals surface area contributed by atoms with Gasteiger partial charge in [0, 0.05) is 6.42 Å². The van der Waals surface area contributed by atoms with E-state index in [1.165, 1.54) is 238 Å². The minimum absolute atomic E-state index is 0.0823. The Hall–Kier alpha value is -1.40. The SMILES string of the molecule is CCCCCCCCC/C=C/CCCCCCCC(=O)OC(CCCCCCCCCCCCCCCC)CC(=O)NC(CO)C(O)CCCCCCCCCCCCCCCCCCC. The number of esters is 1. The van der Waals surface area contributed by atoms with Crippen LogP contribution in [0.25, 0.3) is 0 Å². The molecule has 0 radical (unpaired) electrons. The monoisotopic (exact) mass is 932 g/mol. The molecule has 3 atom stereocenters. The van der Waals surface area contributed by atoms with Crippen LogP contribution in [0.4, 0.5) is 0 Å². The number of rotatable bonds is 55. The number of unbranched alkanes of at least 4 members (excludes halogenated alkanes) is 41. The Balaban J connectivity index is 4.48. The second-order valence-electron chi connectivity index (χ2n) is 20.8. The third kappa shape index (κ3) is 49.0. The summed E-state index contributed by atoms with van der Waals surface area (Å²) in [5.74, 6) is -0.459. The zero-order chi connectivity index (χ0) is 48.1. The van der Waals surface area contributed by atoms with E-state index in [9.17, 15) is 19.8 Å². The van der Waals surface area contributed by atoms with Crippen LogP contribution in [0.15, 0.2) is 12.2 Å². The van der Waals surface area contributed by atoms with Crippen molar-refractivity contribution in [1.82, 2.24) is 5.32 Å². The summed E-state index contributed by atoms with van der Waals surface area (Å²) in [6, 6.07) is -0.698. The maximum atomic E-state index is 13.3. The van der Waals surface area contributed by atoms with E-state index in [2.05, 4.69) is 38.2 Å². The van der Waals surface area contributed by atoms with Crippen LogP contribution in [0.5, 0.6) is 0 Å². The number of carbonyl (C=O) groups excluding carboxylic acids is 2. The molecule has 0 fully saturated rings. The zero-order valence-corrected chi connectivity index (χ0v) is 44.9. The first-order chi connectivity index (χ1) is 32.5. The molecule has 3 N–H and O–H groups in total. The zero-order valence-electron chi connectivity index (χ0n) is 44.9. The van der Waals surface area contributed by atoms with Gasteiger partial charge in [-0.1, -0.05) is 283 Å². The number of ether oxygens (including phenoxy) is 1. The van der Waals surface area contributed by atoms with Crippen molar-refractivity contribution in [3.8, 4) is 0 Å². The van der Waals surface area contributed by atoms with Gasteiger partial charge in [-0.15, -0.1) is 0 Å². The predicted octanol–water partition coefficient (Wildman–Crippen LogP) is 18.5. The lowest BCUT2D eigenvalue weighted by Gasteiger charge is -2.24. The Morgan fingerprint density at radius 2 is 0.727 bits per heavy atom. The predicted molar refractivity (Wildman–Crippen MR) is 287 cm³/mol. The van der Waals surface area contributed by atoms with Crippen LogP contribution < -0.4 is 5.32 Å². The molecule has 0 aliphatic carbocycles. The second kappa shape index (κ2) is 54.5. The standard InChI is InChI=1S/C60H117NO5/c1-4-7-10-13-16-19-22-25-28-30-31-34-37-40-43-46-49-52-58(63)57(55-62)61-59(64)54-56(51-48-45-42-39-36-33-27-24-21-18-15-12-9-6-3)66-60(65)53-50-47-44-41-38-35-32-29-26-23-20-17-14-11-8-5-2/h29,32,56-58,62-63H,4-28,30-31,33-55H2,1-3H3,(H,61,64)/b32-29+. The summed E-state index contributed by atoms with van der Waals surface area (Å²) < 4.78 is 5.97. The van der Waals surface area contributed by atoms with Crippen molar-refractivity contribution in [2.75, 3.05) is 6.61 Å². The van der Waals surface area contributed by atoms with E-state index in [4.69, 9.17) is 4.74 Å². The van der Waals surface area contributed by atoms with E-state index in [0.717, 1.165) is 51.4 Å².